The van der Waals surface area contributed by atoms with E-state index in [0.717, 1.165) is 11.1 Å². The van der Waals surface area contributed by atoms with E-state index >= 15 is 0 Å². The van der Waals surface area contributed by atoms with Crippen LogP contribution in [0.3, 0.4) is 0 Å². The van der Waals surface area contributed by atoms with Crippen molar-refractivity contribution in [1.29, 1.82) is 0 Å². The van der Waals surface area contributed by atoms with Gasteiger partial charge in [-0.05, 0) is 35.4 Å². The second-order valence-corrected chi connectivity index (χ2v) is 6.77. The molecule has 122 valence electrons. The summed E-state index contributed by atoms with van der Waals surface area (Å²) in [4.78, 5) is 11.1. The van der Waals surface area contributed by atoms with E-state index in [1.165, 1.54) is 31.2 Å². The minimum atomic E-state index is -3.63. The molecular formula is C16H18N2O4S. The predicted molar refractivity (Wildman–Crippen MR) is 87.1 cm³/mol. The monoisotopic (exact) mass is 334 g/mol. The third-order valence-electron chi connectivity index (χ3n) is 3.16. The first-order valence-corrected chi connectivity index (χ1v) is 8.45. The van der Waals surface area contributed by atoms with Crippen LogP contribution in [0.1, 0.15) is 18.1 Å². The highest BCUT2D eigenvalue weighted by molar-refractivity contribution is 7.89. The van der Waals surface area contributed by atoms with Crippen molar-refractivity contribution in [3.8, 4) is 0 Å². The molecule has 2 aromatic carbocycles. The third-order valence-corrected chi connectivity index (χ3v) is 4.57. The molecule has 0 unspecified atom stereocenters. The third kappa shape index (κ3) is 4.88. The first-order valence-electron chi connectivity index (χ1n) is 6.97. The number of amides is 1. The maximum absolute atomic E-state index is 12.2. The van der Waals surface area contributed by atoms with Gasteiger partial charge < -0.3 is 10.4 Å². The number of carbonyl (C=O) groups excluding carboxylic acids is 1. The summed E-state index contributed by atoms with van der Waals surface area (Å²) in [6.45, 7) is 1.49. The van der Waals surface area contributed by atoms with Crippen molar-refractivity contribution in [2.24, 2.45) is 0 Å². The molecule has 0 radical (unpaired) electrons. The molecule has 0 aromatic heterocycles. The highest BCUT2D eigenvalue weighted by Crippen LogP contribution is 2.14. The number of anilines is 1. The first kappa shape index (κ1) is 17.1. The maximum Gasteiger partial charge on any atom is 0.240 e. The summed E-state index contributed by atoms with van der Waals surface area (Å²) in [5.74, 6) is -0.218. The van der Waals surface area contributed by atoms with Crippen LogP contribution >= 0.6 is 0 Å². The molecule has 0 bridgehead atoms. The zero-order chi connectivity index (χ0) is 16.9. The van der Waals surface area contributed by atoms with Gasteiger partial charge in [0, 0.05) is 19.2 Å². The Balaban J connectivity index is 2.04. The molecular weight excluding hydrogens is 316 g/mol. The fourth-order valence-electron chi connectivity index (χ4n) is 1.94. The van der Waals surface area contributed by atoms with Crippen LogP contribution in [0.5, 0.6) is 0 Å². The van der Waals surface area contributed by atoms with Gasteiger partial charge in [0.1, 0.15) is 0 Å². The molecule has 0 aliphatic rings. The van der Waals surface area contributed by atoms with Crippen LogP contribution < -0.4 is 10.0 Å². The Morgan fingerprint density at radius 3 is 2.09 bits per heavy atom. The maximum atomic E-state index is 12.2. The molecule has 6 nitrogen and oxygen atoms in total. The molecule has 7 heteroatoms. The quantitative estimate of drug-likeness (QED) is 0.748. The summed E-state index contributed by atoms with van der Waals surface area (Å²) >= 11 is 0. The van der Waals surface area contributed by atoms with Gasteiger partial charge in [-0.25, -0.2) is 13.1 Å². The number of hydrogen-bond donors (Lipinski definition) is 3. The number of aliphatic hydroxyl groups is 1. The zero-order valence-electron chi connectivity index (χ0n) is 12.6. The normalized spacial score (nSPS) is 11.2. The van der Waals surface area contributed by atoms with Crippen molar-refractivity contribution in [1.82, 2.24) is 4.72 Å². The lowest BCUT2D eigenvalue weighted by molar-refractivity contribution is -0.114. The zero-order valence-corrected chi connectivity index (χ0v) is 13.4. The van der Waals surface area contributed by atoms with Gasteiger partial charge >= 0.3 is 0 Å². The molecule has 0 atom stereocenters. The van der Waals surface area contributed by atoms with Crippen molar-refractivity contribution in [3.05, 3.63) is 59.7 Å². The summed E-state index contributed by atoms with van der Waals surface area (Å²) < 4.78 is 27.0. The van der Waals surface area contributed by atoms with Gasteiger partial charge in [-0.1, -0.05) is 24.3 Å². The fourth-order valence-corrected chi connectivity index (χ4v) is 2.96. The topological polar surface area (TPSA) is 95.5 Å². The van der Waals surface area contributed by atoms with Crippen LogP contribution in [0.15, 0.2) is 53.4 Å². The number of aliphatic hydroxyl groups excluding tert-OH is 1. The summed E-state index contributed by atoms with van der Waals surface area (Å²) in [5.41, 5.74) is 2.10. The van der Waals surface area contributed by atoms with E-state index in [9.17, 15) is 13.2 Å². The minimum absolute atomic E-state index is 0.0490. The number of carbonyl (C=O) groups is 1. The Hall–Kier alpha value is -2.22. The van der Waals surface area contributed by atoms with Crippen LogP contribution in [0.2, 0.25) is 0 Å². The summed E-state index contributed by atoms with van der Waals surface area (Å²) in [6.07, 6.45) is 0. The van der Waals surface area contributed by atoms with E-state index in [2.05, 4.69) is 10.0 Å². The molecule has 23 heavy (non-hydrogen) atoms. The summed E-state index contributed by atoms with van der Waals surface area (Å²) in [7, 11) is -3.63. The Bertz CT molecular complexity index is 769. The lowest BCUT2D eigenvalue weighted by Crippen LogP contribution is -2.23. The largest absolute Gasteiger partial charge is 0.392 e. The Morgan fingerprint density at radius 1 is 1.00 bits per heavy atom. The van der Waals surface area contributed by atoms with Gasteiger partial charge in [0.25, 0.3) is 0 Å². The molecule has 1 amide bonds. The second kappa shape index (κ2) is 7.36. The molecule has 3 N–H and O–H groups in total. The van der Waals surface area contributed by atoms with Gasteiger partial charge in [0.2, 0.25) is 15.9 Å². The highest BCUT2D eigenvalue weighted by atomic mass is 32.2. The fraction of sp³-hybridized carbons (Fsp3) is 0.188. The Morgan fingerprint density at radius 2 is 1.57 bits per heavy atom. The van der Waals surface area contributed by atoms with E-state index in [1.807, 2.05) is 0 Å². The van der Waals surface area contributed by atoms with Gasteiger partial charge in [0.15, 0.2) is 0 Å². The number of hydrogen-bond acceptors (Lipinski definition) is 4. The molecule has 0 aliphatic heterocycles. The van der Waals surface area contributed by atoms with E-state index in [0.29, 0.717) is 5.69 Å². The number of benzene rings is 2. The Labute approximate surface area is 135 Å². The first-order chi connectivity index (χ1) is 10.9. The van der Waals surface area contributed by atoms with Gasteiger partial charge in [0.05, 0.1) is 11.5 Å². The van der Waals surface area contributed by atoms with Crippen molar-refractivity contribution in [2.45, 2.75) is 25.0 Å². The lowest BCUT2D eigenvalue weighted by atomic mass is 10.1. The molecule has 2 rings (SSSR count). The lowest BCUT2D eigenvalue weighted by Gasteiger charge is -2.08. The Kier molecular flexibility index (Phi) is 5.49. The van der Waals surface area contributed by atoms with E-state index in [4.69, 9.17) is 5.11 Å². The predicted octanol–water partition coefficient (Wildman–Crippen LogP) is 1.62. The van der Waals surface area contributed by atoms with E-state index < -0.39 is 10.0 Å². The van der Waals surface area contributed by atoms with Crippen molar-refractivity contribution >= 4 is 21.6 Å². The molecule has 0 heterocycles. The minimum Gasteiger partial charge on any atom is -0.392 e. The van der Waals surface area contributed by atoms with Crippen LogP contribution in [0, 0.1) is 0 Å². The van der Waals surface area contributed by atoms with Crippen LogP contribution in [0.25, 0.3) is 0 Å². The summed E-state index contributed by atoms with van der Waals surface area (Å²) in [5, 5.41) is 11.6. The highest BCUT2D eigenvalue weighted by Gasteiger charge is 2.13. The molecule has 0 aliphatic carbocycles. The van der Waals surface area contributed by atoms with Crippen molar-refractivity contribution in [3.63, 3.8) is 0 Å². The second-order valence-electron chi connectivity index (χ2n) is 5.00. The van der Waals surface area contributed by atoms with E-state index in [-0.39, 0.29) is 24.0 Å². The summed E-state index contributed by atoms with van der Waals surface area (Å²) in [6, 6.07) is 12.9. The van der Waals surface area contributed by atoms with Crippen LogP contribution in [-0.2, 0) is 28.0 Å². The van der Waals surface area contributed by atoms with Gasteiger partial charge in [-0.2, -0.15) is 0 Å². The van der Waals surface area contributed by atoms with Gasteiger partial charge in [-0.3, -0.25) is 4.79 Å². The van der Waals surface area contributed by atoms with Crippen LogP contribution in [0.4, 0.5) is 5.69 Å². The number of rotatable bonds is 6. The standard InChI is InChI=1S/C16H18N2O4S/c1-12(20)18-15-6-8-16(9-7-15)23(21,22)17-10-13-2-4-14(11-19)5-3-13/h2-9,17,19H,10-11H2,1H3,(H,18,20). The molecule has 0 spiro atoms. The van der Waals surface area contributed by atoms with E-state index in [1.54, 1.807) is 24.3 Å². The SMILES string of the molecule is CC(=O)Nc1ccc(S(=O)(=O)NCc2ccc(CO)cc2)cc1. The molecule has 0 saturated heterocycles. The molecule has 0 saturated carbocycles. The van der Waals surface area contributed by atoms with Gasteiger partial charge in [-0.15, -0.1) is 0 Å². The smallest absolute Gasteiger partial charge is 0.240 e. The molecule has 0 fully saturated rings. The van der Waals surface area contributed by atoms with Crippen molar-refractivity contribution < 1.29 is 18.3 Å². The van der Waals surface area contributed by atoms with Crippen molar-refractivity contribution in [2.75, 3.05) is 5.32 Å². The van der Waals surface area contributed by atoms with Crippen LogP contribution in [-0.4, -0.2) is 19.4 Å². The molecule has 2 aromatic rings. The number of sulfonamides is 1. The number of nitrogens with one attached hydrogen (secondary N) is 2. The average Bonchev–Trinajstić information content (AvgIpc) is 2.53. The average molecular weight is 334 g/mol.